The van der Waals surface area contributed by atoms with Gasteiger partial charge in [-0.3, -0.25) is 0 Å². The van der Waals surface area contributed by atoms with Crippen LogP contribution in [0.1, 0.15) is 23.4 Å². The molecule has 0 radical (unpaired) electrons. The molecule has 1 atom stereocenters. The fourth-order valence-electron chi connectivity index (χ4n) is 1.82. The highest BCUT2D eigenvalue weighted by atomic mass is 35.5. The Hall–Kier alpha value is -1.61. The summed E-state index contributed by atoms with van der Waals surface area (Å²) in [5.74, 6) is -0.591. The summed E-state index contributed by atoms with van der Waals surface area (Å²) in [5, 5.41) is -0.864. The first-order valence-electron chi connectivity index (χ1n) is 5.94. The summed E-state index contributed by atoms with van der Waals surface area (Å²) in [7, 11) is 0. The minimum Gasteiger partial charge on any atom is -0.494 e. The molecule has 2 aromatic carbocycles. The van der Waals surface area contributed by atoms with E-state index in [1.807, 2.05) is 6.92 Å². The molecule has 2 aromatic rings. The smallest absolute Gasteiger partial charge is 0.131 e. The lowest BCUT2D eigenvalue weighted by molar-refractivity contribution is 0.340. The standard InChI is InChI=1S/C15H13ClF2O/c1-2-19-11-8-6-10(7-9-11)15(16)14-12(17)4-3-5-13(14)18/h3-9,15H,2H2,1H3. The largest absolute Gasteiger partial charge is 0.494 e. The molecule has 1 nitrogen and oxygen atoms in total. The summed E-state index contributed by atoms with van der Waals surface area (Å²) < 4.78 is 32.6. The Kier molecular flexibility index (Phi) is 4.38. The van der Waals surface area contributed by atoms with Gasteiger partial charge in [-0.2, -0.15) is 0 Å². The van der Waals surface area contributed by atoms with Gasteiger partial charge in [0.05, 0.1) is 12.0 Å². The van der Waals surface area contributed by atoms with E-state index in [1.165, 1.54) is 18.2 Å². The quantitative estimate of drug-likeness (QED) is 0.739. The van der Waals surface area contributed by atoms with Gasteiger partial charge in [0.2, 0.25) is 0 Å². The van der Waals surface area contributed by atoms with Crippen molar-refractivity contribution in [3.63, 3.8) is 0 Å². The van der Waals surface area contributed by atoms with Crippen molar-refractivity contribution in [2.45, 2.75) is 12.3 Å². The maximum atomic E-state index is 13.6. The average molecular weight is 283 g/mol. The number of hydrogen-bond donors (Lipinski definition) is 0. The van der Waals surface area contributed by atoms with Crippen LogP contribution in [0.15, 0.2) is 42.5 Å². The normalized spacial score (nSPS) is 12.2. The van der Waals surface area contributed by atoms with Crippen molar-refractivity contribution in [3.8, 4) is 5.75 Å². The van der Waals surface area contributed by atoms with Crippen LogP contribution in [0.2, 0.25) is 0 Å². The second-order valence-corrected chi connectivity index (χ2v) is 4.44. The van der Waals surface area contributed by atoms with Crippen molar-refractivity contribution < 1.29 is 13.5 Å². The minimum absolute atomic E-state index is 0.131. The zero-order valence-corrected chi connectivity index (χ0v) is 11.1. The van der Waals surface area contributed by atoms with E-state index >= 15 is 0 Å². The predicted octanol–water partition coefficient (Wildman–Crippen LogP) is 4.69. The lowest BCUT2D eigenvalue weighted by atomic mass is 10.0. The molecule has 0 aliphatic carbocycles. The van der Waals surface area contributed by atoms with Gasteiger partial charge in [-0.05, 0) is 36.8 Å². The molecule has 0 aliphatic heterocycles. The van der Waals surface area contributed by atoms with E-state index in [0.29, 0.717) is 17.9 Å². The van der Waals surface area contributed by atoms with Crippen molar-refractivity contribution in [1.82, 2.24) is 0 Å². The van der Waals surface area contributed by atoms with Crippen LogP contribution in [0, 0.1) is 11.6 Å². The fraction of sp³-hybridized carbons (Fsp3) is 0.200. The van der Waals surface area contributed by atoms with Crippen molar-refractivity contribution in [3.05, 3.63) is 65.2 Å². The third-order valence-corrected chi connectivity index (χ3v) is 3.21. The Bertz CT molecular complexity index is 534. The SMILES string of the molecule is CCOc1ccc(C(Cl)c2c(F)cccc2F)cc1. The molecule has 2 rings (SSSR count). The Morgan fingerprint density at radius 1 is 1.05 bits per heavy atom. The minimum atomic E-state index is -0.864. The van der Waals surface area contributed by atoms with Gasteiger partial charge in [-0.15, -0.1) is 11.6 Å². The molecule has 0 aromatic heterocycles. The van der Waals surface area contributed by atoms with Crippen LogP contribution in [0.5, 0.6) is 5.75 Å². The molecule has 100 valence electrons. The van der Waals surface area contributed by atoms with Crippen LogP contribution >= 0.6 is 11.6 Å². The Morgan fingerprint density at radius 3 is 2.16 bits per heavy atom. The number of hydrogen-bond acceptors (Lipinski definition) is 1. The monoisotopic (exact) mass is 282 g/mol. The van der Waals surface area contributed by atoms with Crippen molar-refractivity contribution in [2.24, 2.45) is 0 Å². The highest BCUT2D eigenvalue weighted by molar-refractivity contribution is 6.22. The summed E-state index contributed by atoms with van der Waals surface area (Å²) in [6, 6.07) is 10.6. The van der Waals surface area contributed by atoms with Gasteiger partial charge < -0.3 is 4.74 Å². The molecule has 0 saturated heterocycles. The van der Waals surface area contributed by atoms with Gasteiger partial charge in [0.1, 0.15) is 17.4 Å². The molecule has 0 aliphatic rings. The van der Waals surface area contributed by atoms with Gasteiger partial charge in [-0.1, -0.05) is 18.2 Å². The molecule has 1 unspecified atom stereocenters. The summed E-state index contributed by atoms with van der Waals surface area (Å²) >= 11 is 6.15. The second kappa shape index (κ2) is 6.02. The van der Waals surface area contributed by atoms with Crippen LogP contribution in [-0.2, 0) is 0 Å². The fourth-order valence-corrected chi connectivity index (χ4v) is 2.17. The lowest BCUT2D eigenvalue weighted by Crippen LogP contribution is -2.01. The summed E-state index contributed by atoms with van der Waals surface area (Å²) in [6.07, 6.45) is 0. The summed E-state index contributed by atoms with van der Waals surface area (Å²) in [6.45, 7) is 2.44. The van der Waals surface area contributed by atoms with E-state index in [4.69, 9.17) is 16.3 Å². The first-order chi connectivity index (χ1) is 9.13. The van der Waals surface area contributed by atoms with Gasteiger partial charge in [0, 0.05) is 5.56 Å². The molecule has 0 fully saturated rings. The molecule has 19 heavy (non-hydrogen) atoms. The highest BCUT2D eigenvalue weighted by Gasteiger charge is 2.19. The van der Waals surface area contributed by atoms with Gasteiger partial charge in [-0.25, -0.2) is 8.78 Å². The predicted molar refractivity (Wildman–Crippen MR) is 71.7 cm³/mol. The number of benzene rings is 2. The number of ether oxygens (including phenoxy) is 1. The summed E-state index contributed by atoms with van der Waals surface area (Å²) in [5.41, 5.74) is 0.488. The van der Waals surface area contributed by atoms with Crippen LogP contribution in [-0.4, -0.2) is 6.61 Å². The Morgan fingerprint density at radius 2 is 1.63 bits per heavy atom. The molecular formula is C15H13ClF2O. The lowest BCUT2D eigenvalue weighted by Gasteiger charge is -2.13. The van der Waals surface area contributed by atoms with Crippen molar-refractivity contribution in [1.29, 1.82) is 0 Å². The first kappa shape index (κ1) is 13.8. The van der Waals surface area contributed by atoms with E-state index < -0.39 is 17.0 Å². The second-order valence-electron chi connectivity index (χ2n) is 4.00. The van der Waals surface area contributed by atoms with Gasteiger partial charge >= 0.3 is 0 Å². The third-order valence-electron chi connectivity index (χ3n) is 2.74. The molecule has 0 heterocycles. The topological polar surface area (TPSA) is 9.23 Å². The highest BCUT2D eigenvalue weighted by Crippen LogP contribution is 2.33. The molecule has 4 heteroatoms. The third kappa shape index (κ3) is 3.04. The van der Waals surface area contributed by atoms with E-state index in [2.05, 4.69) is 0 Å². The van der Waals surface area contributed by atoms with E-state index in [9.17, 15) is 8.78 Å². The first-order valence-corrected chi connectivity index (χ1v) is 6.38. The Labute approximate surface area is 115 Å². The van der Waals surface area contributed by atoms with Crippen LogP contribution in [0.4, 0.5) is 8.78 Å². The van der Waals surface area contributed by atoms with Crippen molar-refractivity contribution in [2.75, 3.05) is 6.61 Å². The molecule has 0 bridgehead atoms. The number of alkyl halides is 1. The van der Waals surface area contributed by atoms with E-state index in [-0.39, 0.29) is 5.56 Å². The van der Waals surface area contributed by atoms with Crippen LogP contribution < -0.4 is 4.74 Å². The maximum absolute atomic E-state index is 13.6. The summed E-state index contributed by atoms with van der Waals surface area (Å²) in [4.78, 5) is 0. The zero-order valence-electron chi connectivity index (χ0n) is 10.4. The van der Waals surface area contributed by atoms with Gasteiger partial charge in [0.25, 0.3) is 0 Å². The zero-order chi connectivity index (χ0) is 13.8. The van der Waals surface area contributed by atoms with Crippen LogP contribution in [0.3, 0.4) is 0 Å². The molecule has 0 N–H and O–H groups in total. The number of halogens is 3. The average Bonchev–Trinajstić information content (AvgIpc) is 2.39. The Balaban J connectivity index is 2.31. The molecule has 0 spiro atoms. The maximum Gasteiger partial charge on any atom is 0.131 e. The molecule has 0 amide bonds. The van der Waals surface area contributed by atoms with Crippen LogP contribution in [0.25, 0.3) is 0 Å². The van der Waals surface area contributed by atoms with Gasteiger partial charge in [0.15, 0.2) is 0 Å². The molecular weight excluding hydrogens is 270 g/mol. The van der Waals surface area contributed by atoms with Crippen molar-refractivity contribution >= 4 is 11.6 Å². The van der Waals surface area contributed by atoms with E-state index in [1.54, 1.807) is 24.3 Å². The number of rotatable bonds is 4. The van der Waals surface area contributed by atoms with E-state index in [0.717, 1.165) is 0 Å². The molecule has 0 saturated carbocycles.